The second-order valence-electron chi connectivity index (χ2n) is 6.28. The molecule has 1 N–H and O–H groups in total. The number of rotatable bonds is 4. The lowest BCUT2D eigenvalue weighted by Crippen LogP contribution is -2.47. The molecule has 1 fully saturated rings. The molecular formula is C20H20N4O3. The van der Waals surface area contributed by atoms with Crippen LogP contribution in [0.3, 0.4) is 0 Å². The first kappa shape index (κ1) is 18.3. The Morgan fingerprint density at radius 1 is 1.15 bits per heavy atom. The lowest BCUT2D eigenvalue weighted by molar-refractivity contribution is -0.112. The first-order valence-corrected chi connectivity index (χ1v) is 8.63. The van der Waals surface area contributed by atoms with E-state index in [1.54, 1.807) is 35.4 Å². The number of piperazine rings is 1. The maximum Gasteiger partial charge on any atom is 0.289 e. The monoisotopic (exact) mass is 364 g/mol. The van der Waals surface area contributed by atoms with Crippen LogP contribution in [0.25, 0.3) is 0 Å². The molecule has 3 rings (SSSR count). The van der Waals surface area contributed by atoms with Crippen LogP contribution in [0, 0.1) is 18.3 Å². The topological polar surface area (TPSA) is 89.6 Å². The van der Waals surface area contributed by atoms with E-state index in [0.29, 0.717) is 37.6 Å². The minimum absolute atomic E-state index is 0.0291. The van der Waals surface area contributed by atoms with Crippen LogP contribution in [0.1, 0.15) is 16.1 Å². The molecule has 1 aliphatic heterocycles. The van der Waals surface area contributed by atoms with Gasteiger partial charge in [-0.05, 0) is 31.2 Å². The third-order valence-corrected chi connectivity index (χ3v) is 4.32. The molecule has 1 aromatic carbocycles. The summed E-state index contributed by atoms with van der Waals surface area (Å²) in [5.41, 5.74) is 1.76. The van der Waals surface area contributed by atoms with E-state index in [1.807, 2.05) is 30.0 Å². The maximum absolute atomic E-state index is 12.3. The number of carbonyl (C=O) groups is 2. The number of nitriles is 1. The molecule has 27 heavy (non-hydrogen) atoms. The number of hydrogen-bond acceptors (Lipinski definition) is 5. The minimum Gasteiger partial charge on any atom is -0.459 e. The van der Waals surface area contributed by atoms with Crippen molar-refractivity contribution >= 4 is 17.5 Å². The number of amides is 2. The third-order valence-electron chi connectivity index (χ3n) is 4.32. The fraction of sp³-hybridized carbons (Fsp3) is 0.250. The van der Waals surface area contributed by atoms with E-state index >= 15 is 0 Å². The molecule has 0 radical (unpaired) electrons. The van der Waals surface area contributed by atoms with Gasteiger partial charge in [-0.25, -0.2) is 0 Å². The van der Waals surface area contributed by atoms with E-state index in [1.165, 1.54) is 6.26 Å². The summed E-state index contributed by atoms with van der Waals surface area (Å²) < 4.78 is 5.14. The van der Waals surface area contributed by atoms with Gasteiger partial charge in [0.25, 0.3) is 11.8 Å². The van der Waals surface area contributed by atoms with Gasteiger partial charge in [-0.2, -0.15) is 5.26 Å². The quantitative estimate of drug-likeness (QED) is 0.665. The number of aryl methyl sites for hydroxylation is 1. The second-order valence-corrected chi connectivity index (χ2v) is 6.28. The molecule has 2 amide bonds. The van der Waals surface area contributed by atoms with Crippen LogP contribution in [0.2, 0.25) is 0 Å². The van der Waals surface area contributed by atoms with Crippen LogP contribution < -0.4 is 5.32 Å². The van der Waals surface area contributed by atoms with E-state index in [4.69, 9.17) is 4.42 Å². The zero-order chi connectivity index (χ0) is 19.2. The molecule has 2 heterocycles. The molecule has 7 heteroatoms. The average molecular weight is 364 g/mol. The van der Waals surface area contributed by atoms with Crippen molar-refractivity contribution in [2.45, 2.75) is 6.92 Å². The fourth-order valence-electron chi connectivity index (χ4n) is 2.77. The zero-order valence-corrected chi connectivity index (χ0v) is 15.0. The molecule has 138 valence electrons. The number of carbonyl (C=O) groups excluding carboxylic acids is 2. The summed E-state index contributed by atoms with van der Waals surface area (Å²) in [4.78, 5) is 28.2. The molecule has 0 spiro atoms. The van der Waals surface area contributed by atoms with Crippen molar-refractivity contribution in [3.63, 3.8) is 0 Å². The molecule has 0 unspecified atom stereocenters. The number of benzene rings is 1. The highest BCUT2D eigenvalue weighted by Crippen LogP contribution is 2.13. The Bertz CT molecular complexity index is 871. The summed E-state index contributed by atoms with van der Waals surface area (Å²) >= 11 is 0. The van der Waals surface area contributed by atoms with Crippen molar-refractivity contribution in [2.24, 2.45) is 0 Å². The molecule has 0 aliphatic carbocycles. The first-order valence-electron chi connectivity index (χ1n) is 8.63. The van der Waals surface area contributed by atoms with Gasteiger partial charge in [0.15, 0.2) is 5.76 Å². The summed E-state index contributed by atoms with van der Waals surface area (Å²) in [5, 5.41) is 12.1. The summed E-state index contributed by atoms with van der Waals surface area (Å²) in [6.45, 7) is 4.02. The molecular weight excluding hydrogens is 344 g/mol. The van der Waals surface area contributed by atoms with Gasteiger partial charge in [-0.1, -0.05) is 17.7 Å². The van der Waals surface area contributed by atoms with Gasteiger partial charge in [0.2, 0.25) is 0 Å². The summed E-state index contributed by atoms with van der Waals surface area (Å²) in [5.74, 6) is -0.286. The van der Waals surface area contributed by atoms with Gasteiger partial charge in [-0.3, -0.25) is 9.59 Å². The van der Waals surface area contributed by atoms with Gasteiger partial charge in [-0.15, -0.1) is 0 Å². The largest absolute Gasteiger partial charge is 0.459 e. The van der Waals surface area contributed by atoms with Crippen molar-refractivity contribution in [1.82, 2.24) is 9.80 Å². The van der Waals surface area contributed by atoms with E-state index in [9.17, 15) is 14.9 Å². The van der Waals surface area contributed by atoms with Gasteiger partial charge < -0.3 is 19.5 Å². The predicted octanol–water partition coefficient (Wildman–Crippen LogP) is 2.39. The lowest BCUT2D eigenvalue weighted by atomic mass is 10.2. The highest BCUT2D eigenvalue weighted by Gasteiger charge is 2.23. The minimum atomic E-state index is -0.449. The highest BCUT2D eigenvalue weighted by atomic mass is 16.3. The maximum atomic E-state index is 12.3. The van der Waals surface area contributed by atoms with E-state index in [0.717, 1.165) is 5.56 Å². The number of furan rings is 1. The van der Waals surface area contributed by atoms with Gasteiger partial charge in [0, 0.05) is 38.1 Å². The van der Waals surface area contributed by atoms with E-state index in [2.05, 4.69) is 5.32 Å². The number of nitrogens with zero attached hydrogens (tertiary/aromatic N) is 3. The molecule has 1 aromatic heterocycles. The fourth-order valence-corrected chi connectivity index (χ4v) is 2.77. The van der Waals surface area contributed by atoms with Crippen LogP contribution in [0.4, 0.5) is 5.69 Å². The van der Waals surface area contributed by atoms with Crippen LogP contribution in [0.15, 0.2) is 58.9 Å². The zero-order valence-electron chi connectivity index (χ0n) is 15.0. The van der Waals surface area contributed by atoms with Gasteiger partial charge in [0.05, 0.1) is 6.26 Å². The van der Waals surface area contributed by atoms with E-state index < -0.39 is 5.91 Å². The van der Waals surface area contributed by atoms with Crippen molar-refractivity contribution in [2.75, 3.05) is 31.5 Å². The molecule has 0 bridgehead atoms. The third kappa shape index (κ3) is 4.55. The number of nitrogens with one attached hydrogen (secondary N) is 1. The van der Waals surface area contributed by atoms with E-state index in [-0.39, 0.29) is 11.5 Å². The SMILES string of the molecule is Cc1ccc(NC(=O)/C(C#N)=C\N2CCN(C(=O)c3ccco3)CC2)cc1. The highest BCUT2D eigenvalue weighted by molar-refractivity contribution is 6.06. The van der Waals surface area contributed by atoms with Crippen LogP contribution in [-0.4, -0.2) is 47.8 Å². The molecule has 0 saturated carbocycles. The molecule has 2 aromatic rings. The second kappa shape index (κ2) is 8.23. The van der Waals surface area contributed by atoms with Crippen molar-refractivity contribution in [1.29, 1.82) is 5.26 Å². The number of hydrogen-bond donors (Lipinski definition) is 1. The molecule has 1 saturated heterocycles. The van der Waals surface area contributed by atoms with Crippen LogP contribution >= 0.6 is 0 Å². The summed E-state index contributed by atoms with van der Waals surface area (Å²) in [7, 11) is 0. The van der Waals surface area contributed by atoms with Crippen molar-refractivity contribution in [3.8, 4) is 6.07 Å². The summed E-state index contributed by atoms with van der Waals surface area (Å²) in [6.07, 6.45) is 3.02. The molecule has 0 atom stereocenters. The predicted molar refractivity (Wildman–Crippen MR) is 99.7 cm³/mol. The molecule has 1 aliphatic rings. The van der Waals surface area contributed by atoms with Gasteiger partial charge in [0.1, 0.15) is 11.6 Å². The normalized spacial score (nSPS) is 14.6. The smallest absolute Gasteiger partial charge is 0.289 e. The van der Waals surface area contributed by atoms with Crippen molar-refractivity contribution in [3.05, 3.63) is 65.8 Å². The Balaban J connectivity index is 1.58. The average Bonchev–Trinajstić information content (AvgIpc) is 3.22. The number of anilines is 1. The Hall–Kier alpha value is -3.53. The Labute approximate surface area is 157 Å². The summed E-state index contributed by atoms with van der Waals surface area (Å²) in [6, 6.07) is 12.6. The van der Waals surface area contributed by atoms with Crippen LogP contribution in [-0.2, 0) is 4.79 Å². The first-order chi connectivity index (χ1) is 13.1. The Morgan fingerprint density at radius 3 is 2.44 bits per heavy atom. The van der Waals surface area contributed by atoms with Gasteiger partial charge >= 0.3 is 0 Å². The molecule has 7 nitrogen and oxygen atoms in total. The Morgan fingerprint density at radius 2 is 1.85 bits per heavy atom. The lowest BCUT2D eigenvalue weighted by Gasteiger charge is -2.33. The van der Waals surface area contributed by atoms with Crippen LogP contribution in [0.5, 0.6) is 0 Å². The van der Waals surface area contributed by atoms with Crippen molar-refractivity contribution < 1.29 is 14.0 Å². The Kier molecular flexibility index (Phi) is 5.57. The standard InChI is InChI=1S/C20H20N4O3/c1-15-4-6-17(7-5-15)22-19(25)16(13-21)14-23-8-10-24(11-9-23)20(26)18-3-2-12-27-18/h2-7,12,14H,8-11H2,1H3,(H,22,25)/b16-14-.